The Kier molecular flexibility index (Phi) is 6.53. The first-order chi connectivity index (χ1) is 8.59. The largest absolute Gasteiger partial charge is 0.388 e. The van der Waals surface area contributed by atoms with Gasteiger partial charge in [0.1, 0.15) is 16.5 Å². The fraction of sp³-hybridized carbons (Fsp3) is 0.583. The Bertz CT molecular complexity index is 367. The molecule has 1 aromatic rings. The summed E-state index contributed by atoms with van der Waals surface area (Å²) in [4.78, 5) is 8.49. The summed E-state index contributed by atoms with van der Waals surface area (Å²) in [6, 6.07) is 0. The van der Waals surface area contributed by atoms with Crippen LogP contribution in [0.3, 0.4) is 0 Å². The van der Waals surface area contributed by atoms with Crippen molar-refractivity contribution in [3.05, 3.63) is 18.1 Å². The van der Waals surface area contributed by atoms with Crippen molar-refractivity contribution in [3.63, 3.8) is 0 Å². The third-order valence-electron chi connectivity index (χ3n) is 2.30. The van der Waals surface area contributed by atoms with E-state index in [2.05, 4.69) is 29.1 Å². The summed E-state index contributed by atoms with van der Waals surface area (Å²) in [6.07, 6.45) is 4.26. The number of nitrogens with two attached hydrogens (primary N) is 1. The number of rotatable bonds is 8. The van der Waals surface area contributed by atoms with Gasteiger partial charge >= 0.3 is 0 Å². The molecule has 0 aromatic carbocycles. The van der Waals surface area contributed by atoms with Crippen LogP contribution < -0.4 is 11.1 Å². The van der Waals surface area contributed by atoms with Gasteiger partial charge in [0.05, 0.1) is 19.0 Å². The average Bonchev–Trinajstić information content (AvgIpc) is 2.34. The summed E-state index contributed by atoms with van der Waals surface area (Å²) < 4.78 is 5.48. The summed E-state index contributed by atoms with van der Waals surface area (Å²) in [5.74, 6) is 1.37. The summed E-state index contributed by atoms with van der Waals surface area (Å²) in [5, 5.41) is 3.12. The minimum Gasteiger partial charge on any atom is -0.388 e. The van der Waals surface area contributed by atoms with E-state index in [0.29, 0.717) is 30.6 Å². The topological polar surface area (TPSA) is 73.1 Å². The van der Waals surface area contributed by atoms with E-state index in [0.717, 1.165) is 13.0 Å². The fourth-order valence-corrected chi connectivity index (χ4v) is 1.32. The second kappa shape index (κ2) is 7.94. The highest BCUT2D eigenvalue weighted by Gasteiger charge is 1.99. The molecule has 0 fully saturated rings. The van der Waals surface area contributed by atoms with Crippen LogP contribution in [0.2, 0.25) is 0 Å². The lowest BCUT2D eigenvalue weighted by Gasteiger charge is -2.08. The lowest BCUT2D eigenvalue weighted by atomic mass is 10.1. The van der Waals surface area contributed by atoms with Crippen LogP contribution in [-0.2, 0) is 4.74 Å². The highest BCUT2D eigenvalue weighted by atomic mass is 32.1. The Morgan fingerprint density at radius 3 is 2.72 bits per heavy atom. The van der Waals surface area contributed by atoms with Gasteiger partial charge in [0.15, 0.2) is 0 Å². The fourth-order valence-electron chi connectivity index (χ4n) is 1.22. The minimum atomic E-state index is 0.256. The molecule has 3 N–H and O–H groups in total. The van der Waals surface area contributed by atoms with E-state index in [9.17, 15) is 0 Å². The number of ether oxygens (including phenoxy) is 1. The summed E-state index contributed by atoms with van der Waals surface area (Å²) >= 11 is 4.80. The van der Waals surface area contributed by atoms with Crippen molar-refractivity contribution in [1.29, 1.82) is 0 Å². The van der Waals surface area contributed by atoms with Crippen LogP contribution in [0.4, 0.5) is 5.82 Å². The summed E-state index contributed by atoms with van der Waals surface area (Å²) in [6.45, 7) is 6.53. The molecule has 0 saturated heterocycles. The van der Waals surface area contributed by atoms with Crippen LogP contribution in [0.25, 0.3) is 0 Å². The third kappa shape index (κ3) is 5.88. The van der Waals surface area contributed by atoms with Crippen LogP contribution in [0.1, 0.15) is 26.0 Å². The van der Waals surface area contributed by atoms with E-state index in [1.54, 1.807) is 12.4 Å². The Morgan fingerprint density at radius 1 is 1.39 bits per heavy atom. The molecule has 0 aliphatic heterocycles. The van der Waals surface area contributed by atoms with Gasteiger partial charge in [0.25, 0.3) is 0 Å². The third-order valence-corrected chi connectivity index (χ3v) is 2.51. The van der Waals surface area contributed by atoms with Crippen molar-refractivity contribution >= 4 is 23.0 Å². The number of aromatic nitrogens is 2. The normalized spacial score (nSPS) is 10.6. The molecule has 0 spiro atoms. The monoisotopic (exact) mass is 268 g/mol. The number of thiocarbonyl (C=S) groups is 1. The molecule has 100 valence electrons. The molecule has 1 aromatic heterocycles. The van der Waals surface area contributed by atoms with Crippen molar-refractivity contribution in [2.45, 2.75) is 20.3 Å². The zero-order valence-corrected chi connectivity index (χ0v) is 11.7. The maximum absolute atomic E-state index is 5.48. The standard InChI is InChI=1S/C12H20N4OS/c1-9(2)3-5-17-6-4-14-11-8-15-10(7-16-11)12(13)18/h7-9H,3-6H2,1-2H3,(H2,13,18)(H,14,16). The van der Waals surface area contributed by atoms with Gasteiger partial charge in [0.2, 0.25) is 0 Å². The molecule has 0 bridgehead atoms. The molecule has 0 atom stereocenters. The number of nitrogens with zero attached hydrogens (tertiary/aromatic N) is 2. The highest BCUT2D eigenvalue weighted by Crippen LogP contribution is 2.01. The van der Waals surface area contributed by atoms with Gasteiger partial charge in [-0.25, -0.2) is 9.97 Å². The van der Waals surface area contributed by atoms with Gasteiger partial charge in [-0.15, -0.1) is 0 Å². The summed E-state index contributed by atoms with van der Waals surface area (Å²) in [7, 11) is 0. The SMILES string of the molecule is CC(C)CCOCCNc1cnc(C(N)=S)cn1. The van der Waals surface area contributed by atoms with E-state index < -0.39 is 0 Å². The van der Waals surface area contributed by atoms with Gasteiger partial charge in [-0.2, -0.15) is 0 Å². The van der Waals surface area contributed by atoms with Crippen molar-refractivity contribution in [2.24, 2.45) is 11.7 Å². The molecule has 0 saturated carbocycles. The molecule has 0 unspecified atom stereocenters. The quantitative estimate of drug-likeness (QED) is 0.551. The van der Waals surface area contributed by atoms with Crippen LogP contribution in [0.15, 0.2) is 12.4 Å². The maximum atomic E-state index is 5.48. The molecule has 1 rings (SSSR count). The van der Waals surface area contributed by atoms with Gasteiger partial charge in [-0.05, 0) is 12.3 Å². The Morgan fingerprint density at radius 2 is 2.17 bits per heavy atom. The second-order valence-corrected chi connectivity index (χ2v) is 4.81. The molecule has 5 nitrogen and oxygen atoms in total. The van der Waals surface area contributed by atoms with Crippen molar-refractivity contribution in [3.8, 4) is 0 Å². The maximum Gasteiger partial charge on any atom is 0.144 e. The first kappa shape index (κ1) is 14.8. The zero-order chi connectivity index (χ0) is 13.4. The number of anilines is 1. The van der Waals surface area contributed by atoms with Gasteiger partial charge in [-0.1, -0.05) is 26.1 Å². The van der Waals surface area contributed by atoms with Crippen LogP contribution in [0.5, 0.6) is 0 Å². The van der Waals surface area contributed by atoms with E-state index in [1.807, 2.05) is 0 Å². The van der Waals surface area contributed by atoms with Crippen LogP contribution >= 0.6 is 12.2 Å². The lowest BCUT2D eigenvalue weighted by Crippen LogP contribution is -2.14. The predicted octanol–water partition coefficient (Wildman–Crippen LogP) is 1.59. The molecule has 18 heavy (non-hydrogen) atoms. The Hall–Kier alpha value is -1.27. The first-order valence-corrected chi connectivity index (χ1v) is 6.44. The second-order valence-electron chi connectivity index (χ2n) is 4.37. The molecule has 6 heteroatoms. The lowest BCUT2D eigenvalue weighted by molar-refractivity contribution is 0.132. The van der Waals surface area contributed by atoms with E-state index in [4.69, 9.17) is 22.7 Å². The van der Waals surface area contributed by atoms with Gasteiger partial charge < -0.3 is 15.8 Å². The Labute approximate surface area is 113 Å². The van der Waals surface area contributed by atoms with Crippen LogP contribution in [-0.4, -0.2) is 34.7 Å². The van der Waals surface area contributed by atoms with E-state index in [-0.39, 0.29) is 4.99 Å². The average molecular weight is 268 g/mol. The van der Waals surface area contributed by atoms with E-state index >= 15 is 0 Å². The molecule has 0 amide bonds. The number of hydrogen-bond acceptors (Lipinski definition) is 5. The predicted molar refractivity (Wildman–Crippen MR) is 76.7 cm³/mol. The number of nitrogens with one attached hydrogen (secondary N) is 1. The summed E-state index contributed by atoms with van der Waals surface area (Å²) in [5.41, 5.74) is 5.96. The van der Waals surface area contributed by atoms with Crippen molar-refractivity contribution in [1.82, 2.24) is 9.97 Å². The Balaban J connectivity index is 2.17. The highest BCUT2D eigenvalue weighted by molar-refractivity contribution is 7.80. The molecular weight excluding hydrogens is 248 g/mol. The van der Waals surface area contributed by atoms with Crippen molar-refractivity contribution < 1.29 is 4.74 Å². The number of hydrogen-bond donors (Lipinski definition) is 2. The molecule has 1 heterocycles. The zero-order valence-electron chi connectivity index (χ0n) is 10.8. The first-order valence-electron chi connectivity index (χ1n) is 6.03. The van der Waals surface area contributed by atoms with Gasteiger partial charge in [0, 0.05) is 13.2 Å². The molecule has 0 aliphatic rings. The molecule has 0 aliphatic carbocycles. The van der Waals surface area contributed by atoms with E-state index in [1.165, 1.54) is 0 Å². The van der Waals surface area contributed by atoms with Crippen LogP contribution in [0, 0.1) is 5.92 Å². The van der Waals surface area contributed by atoms with Gasteiger partial charge in [-0.3, -0.25) is 0 Å². The molecular formula is C12H20N4OS. The molecule has 0 radical (unpaired) electrons. The minimum absolute atomic E-state index is 0.256. The van der Waals surface area contributed by atoms with Crippen molar-refractivity contribution in [2.75, 3.05) is 25.1 Å². The smallest absolute Gasteiger partial charge is 0.144 e.